The van der Waals surface area contributed by atoms with Crippen molar-refractivity contribution >= 4 is 35.2 Å². The van der Waals surface area contributed by atoms with Gasteiger partial charge in [-0.05, 0) is 50.3 Å². The van der Waals surface area contributed by atoms with Gasteiger partial charge in [0.25, 0.3) is 5.91 Å². The van der Waals surface area contributed by atoms with Crippen LogP contribution in [-0.2, 0) is 19.1 Å². The lowest BCUT2D eigenvalue weighted by Gasteiger charge is -2.35. The summed E-state index contributed by atoms with van der Waals surface area (Å²) in [5.41, 5.74) is 2.84. The predicted molar refractivity (Wildman–Crippen MR) is 135 cm³/mol. The average Bonchev–Trinajstić information content (AvgIpc) is 3.21. The summed E-state index contributed by atoms with van der Waals surface area (Å²) >= 11 is 1.53. The molecule has 4 aliphatic heterocycles. The van der Waals surface area contributed by atoms with Crippen LogP contribution >= 0.6 is 11.8 Å². The smallest absolute Gasteiger partial charge is 0.311 e. The lowest BCUT2D eigenvalue weighted by Crippen LogP contribution is -2.53. The maximum absolute atomic E-state index is 14.3. The normalized spacial score (nSPS) is 33.6. The second-order valence-electron chi connectivity index (χ2n) is 9.83. The van der Waals surface area contributed by atoms with Gasteiger partial charge < -0.3 is 19.6 Å². The molecule has 1 aromatic rings. The Hall–Kier alpha value is -2.58. The first kappa shape index (κ1) is 24.1. The third-order valence-corrected chi connectivity index (χ3v) is 9.34. The van der Waals surface area contributed by atoms with Gasteiger partial charge in [0.1, 0.15) is 6.04 Å². The van der Waals surface area contributed by atoms with Gasteiger partial charge in [-0.1, -0.05) is 36.4 Å². The zero-order valence-corrected chi connectivity index (χ0v) is 21.0. The molecule has 1 spiro atoms. The van der Waals surface area contributed by atoms with E-state index in [4.69, 9.17) is 4.74 Å². The van der Waals surface area contributed by atoms with Gasteiger partial charge in [-0.3, -0.25) is 14.4 Å². The summed E-state index contributed by atoms with van der Waals surface area (Å²) in [5.74, 6) is -2.19. The maximum atomic E-state index is 14.3. The number of allylic oxidation sites excluding steroid dienone is 1. The number of aliphatic hydroxyl groups excluding tert-OH is 1. The number of fused-ring (bicyclic) bond motifs is 2. The first-order chi connectivity index (χ1) is 16.9. The molecule has 8 heteroatoms. The minimum atomic E-state index is -0.900. The van der Waals surface area contributed by atoms with E-state index >= 15 is 0 Å². The van der Waals surface area contributed by atoms with Gasteiger partial charge >= 0.3 is 5.97 Å². The van der Waals surface area contributed by atoms with Gasteiger partial charge in [-0.2, -0.15) is 0 Å². The van der Waals surface area contributed by atoms with E-state index in [9.17, 15) is 19.5 Å². The van der Waals surface area contributed by atoms with E-state index in [1.165, 1.54) is 16.7 Å². The van der Waals surface area contributed by atoms with Crippen LogP contribution in [0, 0.1) is 25.7 Å². The van der Waals surface area contributed by atoms with Gasteiger partial charge in [0.05, 0.1) is 29.8 Å². The van der Waals surface area contributed by atoms with Gasteiger partial charge in [-0.25, -0.2) is 0 Å². The van der Waals surface area contributed by atoms with Crippen molar-refractivity contribution in [1.82, 2.24) is 4.90 Å². The number of anilines is 1. The Morgan fingerprint density at radius 3 is 2.77 bits per heavy atom. The van der Waals surface area contributed by atoms with E-state index in [1.807, 2.05) is 50.3 Å². The van der Waals surface area contributed by atoms with Crippen molar-refractivity contribution in [1.29, 1.82) is 0 Å². The Bertz CT molecular complexity index is 1100. The number of aryl methyl sites for hydroxylation is 2. The van der Waals surface area contributed by atoms with E-state index in [0.29, 0.717) is 13.2 Å². The standard InChI is InChI=1S/C27H32N2O5S/c1-17-9-10-18(2)19(16-17)28-12-7-11-27-22(24(31)29(13-14-30)23(27)25(28)32)21-20(35-27)8-5-3-4-6-15-34-26(21)33/h5,7-11,16,20-23,30H,3-4,6,12-15H2,1-2H3/b8-5-/t20-,21+,22+,23?,27+/m1/s1. The molecular formula is C27H32N2O5S. The Morgan fingerprint density at radius 2 is 1.97 bits per heavy atom. The van der Waals surface area contributed by atoms with E-state index < -0.39 is 22.6 Å². The highest BCUT2D eigenvalue weighted by Gasteiger charge is 2.70. The number of β-amino-alcohol motifs (C(OH)–C–C–N with tert-alkyl or cyclic N) is 1. The largest absolute Gasteiger partial charge is 0.465 e. The molecule has 35 heavy (non-hydrogen) atoms. The van der Waals surface area contributed by atoms with Crippen molar-refractivity contribution in [3.63, 3.8) is 0 Å². The number of hydrogen-bond acceptors (Lipinski definition) is 6. The number of cyclic esters (lactones) is 1. The lowest BCUT2D eigenvalue weighted by molar-refractivity contribution is -0.153. The molecular weight excluding hydrogens is 464 g/mol. The Morgan fingerprint density at radius 1 is 1.14 bits per heavy atom. The van der Waals surface area contributed by atoms with Crippen molar-refractivity contribution in [2.75, 3.05) is 31.2 Å². The molecule has 1 aromatic carbocycles. The Labute approximate surface area is 210 Å². The lowest BCUT2D eigenvalue weighted by atomic mass is 9.78. The van der Waals surface area contributed by atoms with Crippen LogP contribution in [0.25, 0.3) is 0 Å². The molecule has 5 rings (SSSR count). The molecule has 4 aliphatic rings. The summed E-state index contributed by atoms with van der Waals surface area (Å²) in [6.45, 7) is 4.47. The summed E-state index contributed by atoms with van der Waals surface area (Å²) < 4.78 is 4.71. The number of amides is 2. The van der Waals surface area contributed by atoms with Crippen molar-refractivity contribution in [3.8, 4) is 0 Å². The number of thioether (sulfide) groups is 1. The van der Waals surface area contributed by atoms with Crippen LogP contribution in [0.5, 0.6) is 0 Å². The average molecular weight is 497 g/mol. The van der Waals surface area contributed by atoms with Crippen molar-refractivity contribution < 1.29 is 24.2 Å². The van der Waals surface area contributed by atoms with Gasteiger partial charge in [0.2, 0.25) is 5.91 Å². The molecule has 1 unspecified atom stereocenters. The second kappa shape index (κ2) is 9.47. The number of carbonyl (C=O) groups excluding carboxylic acids is 3. The number of nitrogens with zero attached hydrogens (tertiary/aromatic N) is 2. The zero-order valence-electron chi connectivity index (χ0n) is 20.2. The molecule has 0 aromatic heterocycles. The van der Waals surface area contributed by atoms with E-state index in [1.54, 1.807) is 4.90 Å². The molecule has 0 aliphatic carbocycles. The van der Waals surface area contributed by atoms with E-state index in [2.05, 4.69) is 6.08 Å². The minimum Gasteiger partial charge on any atom is -0.465 e. The Kier molecular flexibility index (Phi) is 6.53. The SMILES string of the molecule is Cc1ccc(C)c(N2CC=C[C@]34S[C@@H]5/C=C\CCCCOC(=O)[C@@H]5[C@H]3C(=O)N(CCO)C4C2=O)c1. The highest BCUT2D eigenvalue weighted by molar-refractivity contribution is 8.02. The van der Waals surface area contributed by atoms with Gasteiger partial charge in [0, 0.05) is 24.0 Å². The summed E-state index contributed by atoms with van der Waals surface area (Å²) in [6.07, 6.45) is 10.7. The fraction of sp³-hybridized carbons (Fsp3) is 0.519. The highest BCUT2D eigenvalue weighted by Crippen LogP contribution is 2.60. The second-order valence-corrected chi connectivity index (χ2v) is 11.3. The third kappa shape index (κ3) is 3.91. The van der Waals surface area contributed by atoms with Crippen LogP contribution in [0.4, 0.5) is 5.69 Å². The summed E-state index contributed by atoms with van der Waals surface area (Å²) in [4.78, 5) is 44.6. The predicted octanol–water partition coefficient (Wildman–Crippen LogP) is 2.78. The molecule has 2 amide bonds. The molecule has 2 saturated heterocycles. The molecule has 1 N–H and O–H groups in total. The fourth-order valence-electron chi connectivity index (χ4n) is 5.99. The molecule has 186 valence electrons. The van der Waals surface area contributed by atoms with Crippen LogP contribution < -0.4 is 4.90 Å². The number of aliphatic hydroxyl groups is 1. The third-order valence-electron chi connectivity index (χ3n) is 7.60. The molecule has 0 bridgehead atoms. The molecule has 0 radical (unpaired) electrons. The van der Waals surface area contributed by atoms with Crippen LogP contribution in [0.2, 0.25) is 0 Å². The number of hydrogen-bond donors (Lipinski definition) is 1. The first-order valence-electron chi connectivity index (χ1n) is 12.4. The number of carbonyl (C=O) groups is 3. The maximum Gasteiger partial charge on any atom is 0.311 e. The van der Waals surface area contributed by atoms with Gasteiger partial charge in [0.15, 0.2) is 0 Å². The van der Waals surface area contributed by atoms with E-state index in [0.717, 1.165) is 36.1 Å². The molecule has 2 fully saturated rings. The van der Waals surface area contributed by atoms with Crippen LogP contribution in [0.15, 0.2) is 42.5 Å². The fourth-order valence-corrected chi connectivity index (χ4v) is 7.99. The number of rotatable bonds is 3. The van der Waals surface area contributed by atoms with Crippen molar-refractivity contribution in [3.05, 3.63) is 53.6 Å². The Balaban J connectivity index is 1.61. The molecule has 4 heterocycles. The number of likely N-dealkylation sites (tertiary alicyclic amines) is 1. The molecule has 7 nitrogen and oxygen atoms in total. The number of benzene rings is 1. The summed E-state index contributed by atoms with van der Waals surface area (Å²) in [7, 11) is 0. The molecule has 0 saturated carbocycles. The van der Waals surface area contributed by atoms with Crippen molar-refractivity contribution in [2.45, 2.75) is 49.1 Å². The zero-order chi connectivity index (χ0) is 24.7. The van der Waals surface area contributed by atoms with Gasteiger partial charge in [-0.15, -0.1) is 11.8 Å². The number of esters is 1. The molecule has 5 atom stereocenters. The van der Waals surface area contributed by atoms with Crippen LogP contribution in [-0.4, -0.2) is 70.1 Å². The number of ether oxygens (including phenoxy) is 1. The first-order valence-corrected chi connectivity index (χ1v) is 13.3. The monoisotopic (exact) mass is 496 g/mol. The highest BCUT2D eigenvalue weighted by atomic mass is 32.2. The topological polar surface area (TPSA) is 87.2 Å². The van der Waals surface area contributed by atoms with Crippen LogP contribution in [0.3, 0.4) is 0 Å². The van der Waals surface area contributed by atoms with E-state index in [-0.39, 0.29) is 36.2 Å². The summed E-state index contributed by atoms with van der Waals surface area (Å²) in [5, 5.41) is 9.55. The van der Waals surface area contributed by atoms with Crippen LogP contribution in [0.1, 0.15) is 30.4 Å². The quantitative estimate of drug-likeness (QED) is 0.512. The minimum absolute atomic E-state index is 0.0464. The summed E-state index contributed by atoms with van der Waals surface area (Å²) in [6, 6.07) is 5.19. The van der Waals surface area contributed by atoms with Crippen molar-refractivity contribution in [2.24, 2.45) is 11.8 Å².